The van der Waals surface area contributed by atoms with Crippen molar-refractivity contribution >= 4 is 35.0 Å². The van der Waals surface area contributed by atoms with E-state index in [-0.39, 0.29) is 19.1 Å². The van der Waals surface area contributed by atoms with Gasteiger partial charge in [0.2, 0.25) is 5.91 Å². The second-order valence-corrected chi connectivity index (χ2v) is 5.71. The number of aryl methyl sites for hydroxylation is 1. The molecule has 0 bridgehead atoms. The zero-order valence-electron chi connectivity index (χ0n) is 14.0. The lowest BCUT2D eigenvalue weighted by atomic mass is 10.2. The summed E-state index contributed by atoms with van der Waals surface area (Å²) in [7, 11) is 0. The van der Waals surface area contributed by atoms with Crippen LogP contribution in [0.5, 0.6) is 5.75 Å². The Hall–Kier alpha value is -2.73. The predicted octanol–water partition coefficient (Wildman–Crippen LogP) is 4.23. The summed E-state index contributed by atoms with van der Waals surface area (Å²) in [4.78, 5) is 22.7. The first-order valence-corrected chi connectivity index (χ1v) is 8.02. The number of carbonyl (C=O) groups is 2. The predicted molar refractivity (Wildman–Crippen MR) is 97.4 cm³/mol. The van der Waals surface area contributed by atoms with Gasteiger partial charge in [0.1, 0.15) is 19.0 Å². The van der Waals surface area contributed by atoms with Gasteiger partial charge in [-0.2, -0.15) is 0 Å². The Labute approximate surface area is 151 Å². The summed E-state index contributed by atoms with van der Waals surface area (Å²) >= 11 is 5.87. The molecule has 25 heavy (non-hydrogen) atoms. The van der Waals surface area contributed by atoms with Crippen LogP contribution in [0.1, 0.15) is 12.5 Å². The second-order valence-electron chi connectivity index (χ2n) is 5.27. The molecule has 7 heteroatoms. The maximum Gasteiger partial charge on any atom is 0.411 e. The number of hydrogen-bond donors (Lipinski definition) is 2. The van der Waals surface area contributed by atoms with Gasteiger partial charge in [-0.1, -0.05) is 11.6 Å². The summed E-state index contributed by atoms with van der Waals surface area (Å²) < 4.78 is 10.5. The van der Waals surface area contributed by atoms with Crippen LogP contribution in [0.15, 0.2) is 42.5 Å². The molecule has 0 heterocycles. The van der Waals surface area contributed by atoms with Crippen molar-refractivity contribution in [3.8, 4) is 5.75 Å². The fourth-order valence-corrected chi connectivity index (χ4v) is 2.27. The van der Waals surface area contributed by atoms with Crippen LogP contribution in [-0.4, -0.2) is 25.2 Å². The van der Waals surface area contributed by atoms with Gasteiger partial charge in [-0.3, -0.25) is 10.1 Å². The smallest absolute Gasteiger partial charge is 0.411 e. The number of rotatable bonds is 6. The molecule has 0 aromatic heterocycles. The van der Waals surface area contributed by atoms with Gasteiger partial charge in [0, 0.05) is 23.3 Å². The molecule has 0 saturated carbocycles. The van der Waals surface area contributed by atoms with Gasteiger partial charge < -0.3 is 14.8 Å². The van der Waals surface area contributed by atoms with E-state index >= 15 is 0 Å². The van der Waals surface area contributed by atoms with Gasteiger partial charge in [0.25, 0.3) is 0 Å². The Balaban J connectivity index is 1.71. The number of ether oxygens (including phenoxy) is 2. The number of halogens is 1. The van der Waals surface area contributed by atoms with Crippen molar-refractivity contribution in [2.24, 2.45) is 0 Å². The van der Waals surface area contributed by atoms with Gasteiger partial charge in [-0.25, -0.2) is 4.79 Å². The van der Waals surface area contributed by atoms with Crippen LogP contribution in [0.4, 0.5) is 16.2 Å². The van der Waals surface area contributed by atoms with Crippen LogP contribution in [0.3, 0.4) is 0 Å². The van der Waals surface area contributed by atoms with Crippen LogP contribution in [0, 0.1) is 6.92 Å². The van der Waals surface area contributed by atoms with Gasteiger partial charge in [-0.05, 0) is 55.0 Å². The van der Waals surface area contributed by atoms with Crippen LogP contribution in [0.25, 0.3) is 0 Å². The van der Waals surface area contributed by atoms with E-state index in [0.29, 0.717) is 22.1 Å². The minimum absolute atomic E-state index is 0.103. The SMILES string of the molecule is CC(=O)Nc1ccc(OCCOC(=O)Nc2ccc(Cl)cc2C)cc1. The summed E-state index contributed by atoms with van der Waals surface area (Å²) in [5.74, 6) is 0.482. The normalized spacial score (nSPS) is 10.0. The minimum atomic E-state index is -0.560. The summed E-state index contributed by atoms with van der Waals surface area (Å²) in [5, 5.41) is 5.92. The van der Waals surface area contributed by atoms with Crippen LogP contribution in [0.2, 0.25) is 5.02 Å². The van der Waals surface area contributed by atoms with Crippen LogP contribution in [-0.2, 0) is 9.53 Å². The lowest BCUT2D eigenvalue weighted by molar-refractivity contribution is -0.114. The van der Waals surface area contributed by atoms with Crippen molar-refractivity contribution in [3.05, 3.63) is 53.1 Å². The molecule has 0 atom stereocenters. The molecule has 0 aliphatic rings. The van der Waals surface area contributed by atoms with Gasteiger partial charge in [0.15, 0.2) is 0 Å². The number of amides is 2. The van der Waals surface area contributed by atoms with Gasteiger partial charge in [-0.15, -0.1) is 0 Å². The third-order valence-electron chi connectivity index (χ3n) is 3.19. The molecule has 0 aliphatic heterocycles. The van der Waals surface area contributed by atoms with Crippen molar-refractivity contribution in [1.82, 2.24) is 0 Å². The third kappa shape index (κ3) is 6.35. The maximum absolute atomic E-state index is 11.7. The number of hydrogen-bond acceptors (Lipinski definition) is 4. The molecule has 2 aromatic rings. The second kappa shape index (κ2) is 8.94. The summed E-state index contributed by atoms with van der Waals surface area (Å²) in [6.45, 7) is 3.60. The zero-order chi connectivity index (χ0) is 18.2. The number of benzene rings is 2. The van der Waals surface area contributed by atoms with E-state index in [2.05, 4.69) is 10.6 Å². The molecule has 0 saturated heterocycles. The van der Waals surface area contributed by atoms with Gasteiger partial charge >= 0.3 is 6.09 Å². The highest BCUT2D eigenvalue weighted by Crippen LogP contribution is 2.19. The van der Waals surface area contributed by atoms with Crippen molar-refractivity contribution in [2.75, 3.05) is 23.8 Å². The fourth-order valence-electron chi connectivity index (χ4n) is 2.05. The average Bonchev–Trinajstić information content (AvgIpc) is 2.55. The van der Waals surface area contributed by atoms with Crippen molar-refractivity contribution in [2.45, 2.75) is 13.8 Å². The Morgan fingerprint density at radius 1 is 1.04 bits per heavy atom. The Bertz CT molecular complexity index is 747. The van der Waals surface area contributed by atoms with E-state index in [1.807, 2.05) is 6.92 Å². The first kappa shape index (κ1) is 18.6. The standard InChI is InChI=1S/C18H19ClN2O4/c1-12-11-14(19)3-8-17(12)21-18(23)25-10-9-24-16-6-4-15(5-7-16)20-13(2)22/h3-8,11H,9-10H2,1-2H3,(H,20,22)(H,21,23). The largest absolute Gasteiger partial charge is 0.490 e. The number of anilines is 2. The molecule has 0 aliphatic carbocycles. The van der Waals surface area contributed by atoms with Crippen molar-refractivity contribution < 1.29 is 19.1 Å². The van der Waals surface area contributed by atoms with E-state index < -0.39 is 6.09 Å². The summed E-state index contributed by atoms with van der Waals surface area (Å²) in [6, 6.07) is 12.1. The Kier molecular flexibility index (Phi) is 6.65. The molecular weight excluding hydrogens is 344 g/mol. The molecule has 2 N–H and O–H groups in total. The third-order valence-corrected chi connectivity index (χ3v) is 3.42. The minimum Gasteiger partial charge on any atom is -0.490 e. The van der Waals surface area contributed by atoms with E-state index in [4.69, 9.17) is 21.1 Å². The highest BCUT2D eigenvalue weighted by molar-refractivity contribution is 6.30. The first-order chi connectivity index (χ1) is 11.9. The molecule has 0 fully saturated rings. The number of nitrogens with one attached hydrogen (secondary N) is 2. The summed E-state index contributed by atoms with van der Waals surface area (Å²) in [6.07, 6.45) is -0.560. The Morgan fingerprint density at radius 3 is 2.40 bits per heavy atom. The molecule has 0 radical (unpaired) electrons. The Morgan fingerprint density at radius 2 is 1.76 bits per heavy atom. The maximum atomic E-state index is 11.7. The van der Waals surface area contributed by atoms with Crippen molar-refractivity contribution in [3.63, 3.8) is 0 Å². The van der Waals surface area contributed by atoms with Gasteiger partial charge in [0.05, 0.1) is 0 Å². The van der Waals surface area contributed by atoms with Crippen LogP contribution < -0.4 is 15.4 Å². The summed E-state index contributed by atoms with van der Waals surface area (Å²) in [5.41, 5.74) is 2.18. The quantitative estimate of drug-likeness (QED) is 0.754. The highest BCUT2D eigenvalue weighted by Gasteiger charge is 2.06. The van der Waals surface area contributed by atoms with E-state index in [1.54, 1.807) is 42.5 Å². The van der Waals surface area contributed by atoms with E-state index in [9.17, 15) is 9.59 Å². The highest BCUT2D eigenvalue weighted by atomic mass is 35.5. The van der Waals surface area contributed by atoms with E-state index in [0.717, 1.165) is 5.56 Å². The lowest BCUT2D eigenvalue weighted by Crippen LogP contribution is -2.18. The monoisotopic (exact) mass is 362 g/mol. The molecule has 6 nitrogen and oxygen atoms in total. The van der Waals surface area contributed by atoms with Crippen LogP contribution >= 0.6 is 11.6 Å². The molecule has 0 spiro atoms. The molecule has 132 valence electrons. The molecular formula is C18H19ClN2O4. The topological polar surface area (TPSA) is 76.7 Å². The fraction of sp³-hybridized carbons (Fsp3) is 0.222. The van der Waals surface area contributed by atoms with E-state index in [1.165, 1.54) is 6.92 Å². The van der Waals surface area contributed by atoms with Crippen molar-refractivity contribution in [1.29, 1.82) is 0 Å². The number of carbonyl (C=O) groups excluding carboxylic acids is 2. The average molecular weight is 363 g/mol. The zero-order valence-corrected chi connectivity index (χ0v) is 14.7. The molecule has 2 amide bonds. The molecule has 0 unspecified atom stereocenters. The lowest BCUT2D eigenvalue weighted by Gasteiger charge is -2.10. The molecule has 2 rings (SSSR count). The first-order valence-electron chi connectivity index (χ1n) is 7.64. The molecule has 2 aromatic carbocycles.